The monoisotopic (exact) mass is 420 g/mol. The van der Waals surface area contributed by atoms with Gasteiger partial charge in [-0.15, -0.1) is 0 Å². The molecule has 8 nitrogen and oxygen atoms in total. The van der Waals surface area contributed by atoms with Gasteiger partial charge in [-0.05, 0) is 36.1 Å². The molecule has 1 saturated heterocycles. The van der Waals surface area contributed by atoms with Crippen molar-refractivity contribution >= 4 is 28.2 Å². The zero-order valence-electron chi connectivity index (χ0n) is 15.8. The van der Waals surface area contributed by atoms with Crippen molar-refractivity contribution in [1.29, 1.82) is 0 Å². The van der Waals surface area contributed by atoms with E-state index in [0.717, 1.165) is 29.6 Å². The van der Waals surface area contributed by atoms with E-state index in [2.05, 4.69) is 31.1 Å². The number of benzene rings is 1. The molecule has 0 spiro atoms. The minimum absolute atomic E-state index is 0.150. The third-order valence-corrected chi connectivity index (χ3v) is 6.32. The van der Waals surface area contributed by atoms with Crippen LogP contribution in [0.15, 0.2) is 58.4 Å². The van der Waals surface area contributed by atoms with Crippen LogP contribution >= 0.6 is 11.6 Å². The van der Waals surface area contributed by atoms with Gasteiger partial charge in [0.1, 0.15) is 6.54 Å². The number of hydrogen-bond donors (Lipinski definition) is 0. The molecule has 2 unspecified atom stereocenters. The highest BCUT2D eigenvalue weighted by atomic mass is 35.5. The molecule has 0 bridgehead atoms. The number of aromatic nitrogens is 5. The fraction of sp³-hybridized carbons (Fsp3) is 0.286. The van der Waals surface area contributed by atoms with Crippen LogP contribution < -0.4 is 10.5 Å². The zero-order valence-corrected chi connectivity index (χ0v) is 16.6. The lowest BCUT2D eigenvalue weighted by Gasteiger charge is -2.21. The summed E-state index contributed by atoms with van der Waals surface area (Å²) in [6.45, 7) is 2.12. The maximum absolute atomic E-state index is 12.6. The van der Waals surface area contributed by atoms with E-state index in [0.29, 0.717) is 34.5 Å². The molecule has 0 amide bonds. The molecule has 9 heteroatoms. The zero-order chi connectivity index (χ0) is 20.2. The summed E-state index contributed by atoms with van der Waals surface area (Å²) in [5, 5.41) is 5.46. The topological polar surface area (TPSA) is 89.9 Å². The van der Waals surface area contributed by atoms with Gasteiger partial charge in [-0.25, -0.2) is 4.98 Å². The maximum Gasteiger partial charge on any atom is 0.261 e. The molecule has 2 fully saturated rings. The normalized spacial score (nSPS) is 22.4. The van der Waals surface area contributed by atoms with E-state index >= 15 is 0 Å². The van der Waals surface area contributed by atoms with Crippen LogP contribution in [0.5, 0.6) is 0 Å². The molecule has 2 atom stereocenters. The van der Waals surface area contributed by atoms with Crippen LogP contribution in [0.2, 0.25) is 5.02 Å². The highest BCUT2D eigenvalue weighted by Gasteiger charge is 2.58. The molecular weight excluding hydrogens is 404 g/mol. The molecule has 1 aliphatic carbocycles. The Bertz CT molecular complexity index is 1310. The van der Waals surface area contributed by atoms with Crippen molar-refractivity contribution in [2.45, 2.75) is 12.5 Å². The summed E-state index contributed by atoms with van der Waals surface area (Å²) in [4.78, 5) is 27.8. The van der Waals surface area contributed by atoms with Gasteiger partial charge in [-0.1, -0.05) is 22.8 Å². The molecule has 4 aromatic rings. The summed E-state index contributed by atoms with van der Waals surface area (Å²) in [7, 11) is 0. The van der Waals surface area contributed by atoms with E-state index in [1.54, 1.807) is 18.5 Å². The SMILES string of the molecule is O=c1c2ccncc2ncn1Cc1nc(C2C3CN(c4cccc(Cl)c4)CC32)no1. The van der Waals surface area contributed by atoms with E-state index in [1.807, 2.05) is 18.2 Å². The summed E-state index contributed by atoms with van der Waals surface area (Å²) in [6.07, 6.45) is 4.65. The lowest BCUT2D eigenvalue weighted by atomic mass is 10.2. The lowest BCUT2D eigenvalue weighted by Crippen LogP contribution is -2.23. The van der Waals surface area contributed by atoms with Crippen LogP contribution in [0.25, 0.3) is 10.9 Å². The van der Waals surface area contributed by atoms with Crippen molar-refractivity contribution in [3.8, 4) is 0 Å². The molecule has 1 saturated carbocycles. The average Bonchev–Trinajstić information content (AvgIpc) is 3.10. The summed E-state index contributed by atoms with van der Waals surface area (Å²) in [5.41, 5.74) is 1.57. The predicted octanol–water partition coefficient (Wildman–Crippen LogP) is 2.73. The van der Waals surface area contributed by atoms with Gasteiger partial charge >= 0.3 is 0 Å². The number of nitrogens with zero attached hydrogens (tertiary/aromatic N) is 6. The first-order valence-corrected chi connectivity index (χ1v) is 10.2. The second kappa shape index (κ2) is 6.63. The Kier molecular flexibility index (Phi) is 3.89. The summed E-state index contributed by atoms with van der Waals surface area (Å²) < 4.78 is 6.92. The van der Waals surface area contributed by atoms with Crippen molar-refractivity contribution < 1.29 is 4.52 Å². The molecule has 0 radical (unpaired) electrons. The van der Waals surface area contributed by atoms with Crippen molar-refractivity contribution in [2.75, 3.05) is 18.0 Å². The first-order chi connectivity index (χ1) is 14.7. The smallest absolute Gasteiger partial charge is 0.261 e. The third-order valence-electron chi connectivity index (χ3n) is 6.08. The maximum atomic E-state index is 12.6. The van der Waals surface area contributed by atoms with Gasteiger partial charge in [0.2, 0.25) is 5.89 Å². The Labute approximate surface area is 176 Å². The molecule has 2 aliphatic rings. The van der Waals surface area contributed by atoms with Crippen LogP contribution in [0.3, 0.4) is 0 Å². The van der Waals surface area contributed by atoms with Crippen LogP contribution in [0.4, 0.5) is 5.69 Å². The van der Waals surface area contributed by atoms with Gasteiger partial charge in [0, 0.05) is 35.9 Å². The number of fused-ring (bicyclic) bond motifs is 2. The molecule has 3 aromatic heterocycles. The third kappa shape index (κ3) is 2.87. The van der Waals surface area contributed by atoms with E-state index in [9.17, 15) is 4.79 Å². The van der Waals surface area contributed by atoms with Crippen molar-refractivity contribution in [3.05, 3.63) is 76.1 Å². The van der Waals surface area contributed by atoms with Crippen molar-refractivity contribution in [1.82, 2.24) is 24.7 Å². The highest BCUT2D eigenvalue weighted by molar-refractivity contribution is 6.30. The molecule has 1 aromatic carbocycles. The Balaban J connectivity index is 1.16. The van der Waals surface area contributed by atoms with Crippen LogP contribution in [-0.2, 0) is 6.54 Å². The largest absolute Gasteiger partial charge is 0.371 e. The van der Waals surface area contributed by atoms with Gasteiger partial charge < -0.3 is 9.42 Å². The number of piperidine rings is 1. The van der Waals surface area contributed by atoms with E-state index in [1.165, 1.54) is 10.9 Å². The number of rotatable bonds is 4. The van der Waals surface area contributed by atoms with Gasteiger partial charge in [0.25, 0.3) is 5.56 Å². The van der Waals surface area contributed by atoms with Gasteiger partial charge in [-0.2, -0.15) is 4.98 Å². The molecule has 6 rings (SSSR count). The van der Waals surface area contributed by atoms with Crippen molar-refractivity contribution in [2.24, 2.45) is 11.8 Å². The summed E-state index contributed by atoms with van der Waals surface area (Å²) in [5.74, 6) is 2.50. The highest BCUT2D eigenvalue weighted by Crippen LogP contribution is 2.57. The summed E-state index contributed by atoms with van der Waals surface area (Å²) in [6, 6.07) is 9.61. The second-order valence-corrected chi connectivity index (χ2v) is 8.29. The molecule has 30 heavy (non-hydrogen) atoms. The number of hydrogen-bond acceptors (Lipinski definition) is 7. The first kappa shape index (κ1) is 17.6. The Morgan fingerprint density at radius 2 is 2.07 bits per heavy atom. The van der Waals surface area contributed by atoms with Crippen LogP contribution in [0, 0.1) is 11.8 Å². The van der Waals surface area contributed by atoms with Gasteiger partial charge in [0.05, 0.1) is 23.4 Å². The number of pyridine rings is 1. The second-order valence-electron chi connectivity index (χ2n) is 7.86. The van der Waals surface area contributed by atoms with Crippen LogP contribution in [0.1, 0.15) is 17.6 Å². The molecule has 4 heterocycles. The summed E-state index contributed by atoms with van der Waals surface area (Å²) >= 11 is 6.12. The van der Waals surface area contributed by atoms with E-state index < -0.39 is 0 Å². The Morgan fingerprint density at radius 1 is 1.20 bits per heavy atom. The Morgan fingerprint density at radius 3 is 2.90 bits per heavy atom. The molecular formula is C21H17ClN6O2. The van der Waals surface area contributed by atoms with Gasteiger partial charge in [-0.3, -0.25) is 14.3 Å². The molecule has 0 N–H and O–H groups in total. The minimum atomic E-state index is -0.150. The van der Waals surface area contributed by atoms with Crippen LogP contribution in [-0.4, -0.2) is 37.8 Å². The average molecular weight is 421 g/mol. The van der Waals surface area contributed by atoms with E-state index in [-0.39, 0.29) is 12.1 Å². The minimum Gasteiger partial charge on any atom is -0.371 e. The fourth-order valence-corrected chi connectivity index (χ4v) is 4.71. The molecule has 150 valence electrons. The number of halogens is 1. The number of anilines is 1. The van der Waals surface area contributed by atoms with Gasteiger partial charge in [0.15, 0.2) is 5.82 Å². The van der Waals surface area contributed by atoms with Crippen molar-refractivity contribution in [3.63, 3.8) is 0 Å². The predicted molar refractivity (Wildman–Crippen MR) is 111 cm³/mol. The Hall–Kier alpha value is -3.26. The first-order valence-electron chi connectivity index (χ1n) is 9.79. The fourth-order valence-electron chi connectivity index (χ4n) is 4.53. The lowest BCUT2D eigenvalue weighted by molar-refractivity contribution is 0.363. The quantitative estimate of drug-likeness (QED) is 0.501. The standard InChI is InChI=1S/C21H17ClN6O2/c22-12-2-1-3-13(6-12)27-8-15-16(9-27)19(15)20-25-18(30-26-20)10-28-11-24-17-7-23-5-4-14(17)21(28)29/h1-7,11,15-16,19H,8-10H2. The van der Waals surface area contributed by atoms with E-state index in [4.69, 9.17) is 16.1 Å². The molecule has 1 aliphatic heterocycles.